The second-order valence-electron chi connectivity index (χ2n) is 4.90. The van der Waals surface area contributed by atoms with Gasteiger partial charge >= 0.3 is 0 Å². The predicted octanol–water partition coefficient (Wildman–Crippen LogP) is 3.33. The number of fused-ring (bicyclic) bond motifs is 1. The van der Waals surface area contributed by atoms with Crippen LogP contribution in [0.1, 0.15) is 11.4 Å². The summed E-state index contributed by atoms with van der Waals surface area (Å²) in [5, 5.41) is 13.1. The van der Waals surface area contributed by atoms with E-state index in [1.54, 1.807) is 6.07 Å². The Morgan fingerprint density at radius 3 is 2.81 bits per heavy atom. The van der Waals surface area contributed by atoms with E-state index in [0.717, 1.165) is 28.1 Å². The van der Waals surface area contributed by atoms with Crippen LogP contribution in [0.25, 0.3) is 11.0 Å². The van der Waals surface area contributed by atoms with Gasteiger partial charge in [0.1, 0.15) is 5.82 Å². The van der Waals surface area contributed by atoms with Crippen molar-refractivity contribution >= 4 is 28.3 Å². The summed E-state index contributed by atoms with van der Waals surface area (Å²) in [7, 11) is 2.00. The summed E-state index contributed by atoms with van der Waals surface area (Å²) in [6, 6.07) is 13.5. The highest BCUT2D eigenvalue weighted by molar-refractivity contribution is 6.33. The highest BCUT2D eigenvalue weighted by Gasteiger charge is 2.08. The van der Waals surface area contributed by atoms with E-state index in [0.29, 0.717) is 11.6 Å². The van der Waals surface area contributed by atoms with Gasteiger partial charge in [0.15, 0.2) is 0 Å². The molecule has 0 fully saturated rings. The van der Waals surface area contributed by atoms with Gasteiger partial charge in [-0.3, -0.25) is 0 Å². The van der Waals surface area contributed by atoms with Crippen molar-refractivity contribution in [2.24, 2.45) is 7.05 Å². The van der Waals surface area contributed by atoms with Crippen molar-refractivity contribution in [2.75, 3.05) is 5.32 Å². The van der Waals surface area contributed by atoms with E-state index in [1.165, 1.54) is 0 Å². The third-order valence-corrected chi connectivity index (χ3v) is 3.86. The quantitative estimate of drug-likeness (QED) is 0.777. The third-order valence-electron chi connectivity index (χ3n) is 3.53. The molecule has 0 aliphatic heterocycles. The van der Waals surface area contributed by atoms with Crippen LogP contribution in [0.5, 0.6) is 0 Å². The monoisotopic (exact) mass is 301 g/mol. The zero-order valence-electron chi connectivity index (χ0n) is 11.7. The number of halogens is 1. The van der Waals surface area contributed by atoms with Gasteiger partial charge in [0, 0.05) is 7.05 Å². The second kappa shape index (κ2) is 5.76. The third kappa shape index (κ3) is 2.73. The summed E-state index contributed by atoms with van der Waals surface area (Å²) in [4.78, 5) is 4.61. The van der Waals surface area contributed by atoms with Crippen LogP contribution in [0, 0.1) is 0 Å². The average Bonchev–Trinajstić information content (AvgIpc) is 2.83. The van der Waals surface area contributed by atoms with E-state index < -0.39 is 0 Å². The fourth-order valence-corrected chi connectivity index (χ4v) is 2.52. The lowest BCUT2D eigenvalue weighted by molar-refractivity contribution is 0.282. The maximum absolute atomic E-state index is 9.19. The summed E-state index contributed by atoms with van der Waals surface area (Å²) in [5.74, 6) is 0.932. The molecular weight excluding hydrogens is 286 g/mol. The Kier molecular flexibility index (Phi) is 3.82. The van der Waals surface area contributed by atoms with Crippen molar-refractivity contribution in [1.82, 2.24) is 9.55 Å². The van der Waals surface area contributed by atoms with Gasteiger partial charge in [-0.15, -0.1) is 0 Å². The number of nitrogens with zero attached hydrogens (tertiary/aromatic N) is 2. The molecule has 2 aromatic carbocycles. The maximum Gasteiger partial charge on any atom is 0.128 e. The van der Waals surface area contributed by atoms with Crippen LogP contribution >= 0.6 is 11.6 Å². The van der Waals surface area contributed by atoms with Crippen LogP contribution in [0.4, 0.5) is 5.69 Å². The molecule has 3 rings (SSSR count). The minimum absolute atomic E-state index is 0.00185. The van der Waals surface area contributed by atoms with Crippen LogP contribution in [0.3, 0.4) is 0 Å². The molecule has 2 N–H and O–H groups in total. The van der Waals surface area contributed by atoms with Gasteiger partial charge in [0.25, 0.3) is 0 Å². The number of aryl methyl sites for hydroxylation is 1. The van der Waals surface area contributed by atoms with E-state index in [2.05, 4.69) is 14.9 Å². The normalized spacial score (nSPS) is 11.0. The van der Waals surface area contributed by atoms with Gasteiger partial charge in [0.05, 0.1) is 34.9 Å². The number of rotatable bonds is 4. The van der Waals surface area contributed by atoms with Crippen LogP contribution in [0.15, 0.2) is 42.5 Å². The lowest BCUT2D eigenvalue weighted by Crippen LogP contribution is -2.06. The van der Waals surface area contributed by atoms with Gasteiger partial charge in [-0.1, -0.05) is 29.8 Å². The number of imidazole rings is 1. The number of anilines is 1. The molecule has 108 valence electrons. The topological polar surface area (TPSA) is 50.1 Å². The Morgan fingerprint density at radius 2 is 2.05 bits per heavy atom. The largest absolute Gasteiger partial charge is 0.392 e. The van der Waals surface area contributed by atoms with E-state index in [4.69, 9.17) is 11.6 Å². The molecule has 0 unspecified atom stereocenters. The molecule has 0 saturated carbocycles. The summed E-state index contributed by atoms with van der Waals surface area (Å²) >= 11 is 6.17. The zero-order valence-corrected chi connectivity index (χ0v) is 12.4. The molecule has 0 aliphatic carbocycles. The fourth-order valence-electron chi connectivity index (χ4n) is 2.33. The van der Waals surface area contributed by atoms with Crippen molar-refractivity contribution in [2.45, 2.75) is 13.2 Å². The minimum Gasteiger partial charge on any atom is -0.392 e. The first-order valence-corrected chi connectivity index (χ1v) is 7.10. The van der Waals surface area contributed by atoms with Crippen molar-refractivity contribution in [3.63, 3.8) is 0 Å². The Bertz CT molecular complexity index is 782. The van der Waals surface area contributed by atoms with E-state index >= 15 is 0 Å². The molecule has 4 nitrogen and oxygen atoms in total. The molecule has 0 atom stereocenters. The molecule has 5 heteroatoms. The van der Waals surface area contributed by atoms with Gasteiger partial charge in [0.2, 0.25) is 0 Å². The zero-order chi connectivity index (χ0) is 14.8. The van der Waals surface area contributed by atoms with Crippen molar-refractivity contribution in [3.8, 4) is 0 Å². The molecule has 0 aliphatic rings. The molecular formula is C16H16ClN3O. The first kappa shape index (κ1) is 13.9. The lowest BCUT2D eigenvalue weighted by Gasteiger charge is -2.10. The highest BCUT2D eigenvalue weighted by atomic mass is 35.5. The molecule has 0 spiro atoms. The van der Waals surface area contributed by atoms with Crippen molar-refractivity contribution in [3.05, 3.63) is 58.9 Å². The van der Waals surface area contributed by atoms with Crippen LogP contribution in [-0.4, -0.2) is 14.7 Å². The Hall–Kier alpha value is -2.04. The number of benzene rings is 2. The molecule has 1 heterocycles. The fraction of sp³-hybridized carbons (Fsp3) is 0.188. The second-order valence-corrected chi connectivity index (χ2v) is 5.31. The number of aliphatic hydroxyl groups excluding tert-OH is 1. The summed E-state index contributed by atoms with van der Waals surface area (Å²) in [6.07, 6.45) is 0. The SMILES string of the molecule is Cn1c(CNc2cc(CO)ccc2Cl)nc2ccccc21. The lowest BCUT2D eigenvalue weighted by atomic mass is 10.2. The molecule has 0 saturated heterocycles. The molecule has 0 amide bonds. The number of aromatic nitrogens is 2. The van der Waals surface area contributed by atoms with Gasteiger partial charge in [-0.05, 0) is 29.8 Å². The molecule has 21 heavy (non-hydrogen) atoms. The molecule has 1 aromatic heterocycles. The first-order valence-electron chi connectivity index (χ1n) is 6.72. The number of hydrogen-bond acceptors (Lipinski definition) is 3. The van der Waals surface area contributed by atoms with E-state index in [-0.39, 0.29) is 6.61 Å². The van der Waals surface area contributed by atoms with Gasteiger partial charge in [-0.25, -0.2) is 4.98 Å². The average molecular weight is 302 g/mol. The smallest absolute Gasteiger partial charge is 0.128 e. The molecule has 0 radical (unpaired) electrons. The van der Waals surface area contributed by atoms with Crippen LogP contribution in [-0.2, 0) is 20.2 Å². The van der Waals surface area contributed by atoms with Crippen molar-refractivity contribution < 1.29 is 5.11 Å². The minimum atomic E-state index is -0.00185. The standard InChI is InChI=1S/C16H16ClN3O/c1-20-15-5-3-2-4-13(15)19-16(20)9-18-14-8-11(10-21)6-7-12(14)17/h2-8,18,21H,9-10H2,1H3. The number of nitrogens with one attached hydrogen (secondary N) is 1. The number of para-hydroxylation sites is 2. The Labute approximate surface area is 128 Å². The predicted molar refractivity (Wildman–Crippen MR) is 85.4 cm³/mol. The molecule has 0 bridgehead atoms. The summed E-state index contributed by atoms with van der Waals surface area (Å²) < 4.78 is 2.06. The Balaban J connectivity index is 1.85. The number of aliphatic hydroxyl groups is 1. The van der Waals surface area contributed by atoms with Gasteiger partial charge in [-0.2, -0.15) is 0 Å². The summed E-state index contributed by atoms with van der Waals surface area (Å²) in [6.45, 7) is 0.567. The van der Waals surface area contributed by atoms with E-state index in [1.807, 2.05) is 43.4 Å². The Morgan fingerprint density at radius 1 is 1.24 bits per heavy atom. The highest BCUT2D eigenvalue weighted by Crippen LogP contribution is 2.24. The maximum atomic E-state index is 9.19. The number of hydrogen-bond donors (Lipinski definition) is 2. The van der Waals surface area contributed by atoms with Gasteiger partial charge < -0.3 is 15.0 Å². The summed E-state index contributed by atoms with van der Waals surface area (Å²) in [5.41, 5.74) is 3.71. The molecule has 3 aromatic rings. The first-order chi connectivity index (χ1) is 10.2. The van der Waals surface area contributed by atoms with Crippen molar-refractivity contribution in [1.29, 1.82) is 0 Å². The van der Waals surface area contributed by atoms with Crippen LogP contribution < -0.4 is 5.32 Å². The van der Waals surface area contributed by atoms with Crippen LogP contribution in [0.2, 0.25) is 5.02 Å². The van der Waals surface area contributed by atoms with E-state index in [9.17, 15) is 5.11 Å².